The van der Waals surface area contributed by atoms with Crippen molar-refractivity contribution in [2.45, 2.75) is 51.0 Å². The molecule has 90 valence electrons. The van der Waals surface area contributed by atoms with Gasteiger partial charge in [0.1, 0.15) is 0 Å². The second-order valence-electron chi connectivity index (χ2n) is 4.93. The van der Waals surface area contributed by atoms with Gasteiger partial charge in [0.15, 0.2) is 0 Å². The summed E-state index contributed by atoms with van der Waals surface area (Å²) in [5.41, 5.74) is 8.81. The second kappa shape index (κ2) is 4.49. The Bertz CT molecular complexity index is 378. The van der Waals surface area contributed by atoms with Gasteiger partial charge >= 0.3 is 0 Å². The van der Waals surface area contributed by atoms with Crippen LogP contribution in [0.5, 0.6) is 0 Å². The molecular formula is C12H20BrN3. The topological polar surface area (TPSA) is 43.8 Å². The third-order valence-corrected chi connectivity index (χ3v) is 4.54. The lowest BCUT2D eigenvalue weighted by atomic mass is 9.93. The monoisotopic (exact) mass is 285 g/mol. The average molecular weight is 286 g/mol. The van der Waals surface area contributed by atoms with Crippen LogP contribution in [0.4, 0.5) is 0 Å². The molecule has 0 bridgehead atoms. The molecule has 1 aromatic heterocycles. The van der Waals surface area contributed by atoms with Crippen LogP contribution in [0.25, 0.3) is 0 Å². The summed E-state index contributed by atoms with van der Waals surface area (Å²) in [6.45, 7) is 2.13. The van der Waals surface area contributed by atoms with Gasteiger partial charge in [-0.25, -0.2) is 0 Å². The standard InChI is InChI=1S/C12H20BrN3/c1-3-9-11(13)10(16(2)15-9)8-12(14)6-4-5-7-12/h3-8,14H2,1-2H3. The van der Waals surface area contributed by atoms with Gasteiger partial charge in [0.2, 0.25) is 0 Å². The van der Waals surface area contributed by atoms with Gasteiger partial charge in [0.05, 0.1) is 15.9 Å². The maximum absolute atomic E-state index is 6.42. The number of hydrogen-bond donors (Lipinski definition) is 1. The summed E-state index contributed by atoms with van der Waals surface area (Å²) < 4.78 is 3.14. The van der Waals surface area contributed by atoms with Crippen LogP contribution in [0.2, 0.25) is 0 Å². The number of aromatic nitrogens is 2. The first-order valence-electron chi connectivity index (χ1n) is 6.05. The molecule has 3 nitrogen and oxygen atoms in total. The summed E-state index contributed by atoms with van der Waals surface area (Å²) in [5, 5.41) is 4.52. The molecule has 0 saturated heterocycles. The predicted molar refractivity (Wildman–Crippen MR) is 69.4 cm³/mol. The molecule has 0 amide bonds. The molecule has 1 aliphatic rings. The fourth-order valence-electron chi connectivity index (χ4n) is 2.60. The summed E-state index contributed by atoms with van der Waals surface area (Å²) in [4.78, 5) is 0. The van der Waals surface area contributed by atoms with Crippen molar-refractivity contribution >= 4 is 15.9 Å². The molecule has 0 unspecified atom stereocenters. The molecule has 2 rings (SSSR count). The summed E-state index contributed by atoms with van der Waals surface area (Å²) >= 11 is 3.65. The maximum atomic E-state index is 6.42. The van der Waals surface area contributed by atoms with Gasteiger partial charge in [-0.05, 0) is 35.2 Å². The Kier molecular flexibility index (Phi) is 3.40. The molecule has 0 radical (unpaired) electrons. The van der Waals surface area contributed by atoms with E-state index < -0.39 is 0 Å². The molecule has 0 spiro atoms. The number of halogens is 1. The van der Waals surface area contributed by atoms with E-state index in [4.69, 9.17) is 5.73 Å². The number of nitrogens with zero attached hydrogens (tertiary/aromatic N) is 2. The smallest absolute Gasteiger partial charge is 0.0766 e. The molecular weight excluding hydrogens is 266 g/mol. The summed E-state index contributed by atoms with van der Waals surface area (Å²) in [7, 11) is 2.01. The molecule has 1 fully saturated rings. The molecule has 4 heteroatoms. The zero-order valence-electron chi connectivity index (χ0n) is 10.1. The van der Waals surface area contributed by atoms with Crippen molar-refractivity contribution in [1.82, 2.24) is 9.78 Å². The Balaban J connectivity index is 2.23. The van der Waals surface area contributed by atoms with E-state index in [0.29, 0.717) is 0 Å². The first-order chi connectivity index (χ1) is 7.56. The highest BCUT2D eigenvalue weighted by Crippen LogP contribution is 2.33. The van der Waals surface area contributed by atoms with Crippen LogP contribution in [0.15, 0.2) is 4.47 Å². The molecule has 0 atom stereocenters. The van der Waals surface area contributed by atoms with Crippen LogP contribution in [0.1, 0.15) is 44.0 Å². The zero-order valence-corrected chi connectivity index (χ0v) is 11.7. The van der Waals surface area contributed by atoms with Crippen LogP contribution in [-0.2, 0) is 19.9 Å². The van der Waals surface area contributed by atoms with Crippen molar-refractivity contribution in [2.75, 3.05) is 0 Å². The minimum absolute atomic E-state index is 0.00131. The van der Waals surface area contributed by atoms with Crippen LogP contribution in [0, 0.1) is 0 Å². The molecule has 16 heavy (non-hydrogen) atoms. The van der Waals surface area contributed by atoms with E-state index in [0.717, 1.165) is 35.8 Å². The van der Waals surface area contributed by atoms with Crippen molar-refractivity contribution in [3.05, 3.63) is 15.9 Å². The SMILES string of the molecule is CCc1nn(C)c(CC2(N)CCCC2)c1Br. The number of hydrogen-bond acceptors (Lipinski definition) is 2. The van der Waals surface area contributed by atoms with Crippen molar-refractivity contribution in [2.24, 2.45) is 12.8 Å². The maximum Gasteiger partial charge on any atom is 0.0766 e. The molecule has 0 aliphatic heterocycles. The quantitative estimate of drug-likeness (QED) is 0.928. The normalized spacial score (nSPS) is 19.2. The largest absolute Gasteiger partial charge is 0.325 e. The van der Waals surface area contributed by atoms with E-state index in [-0.39, 0.29) is 5.54 Å². The number of nitrogens with two attached hydrogens (primary N) is 1. The van der Waals surface area contributed by atoms with Crippen LogP contribution in [-0.4, -0.2) is 15.3 Å². The molecule has 1 aromatic rings. The lowest BCUT2D eigenvalue weighted by molar-refractivity contribution is 0.422. The van der Waals surface area contributed by atoms with Gasteiger partial charge < -0.3 is 5.73 Å². The molecule has 1 heterocycles. The Morgan fingerprint density at radius 2 is 2.06 bits per heavy atom. The molecule has 0 aromatic carbocycles. The highest BCUT2D eigenvalue weighted by Gasteiger charge is 2.31. The fraction of sp³-hybridized carbons (Fsp3) is 0.750. The van der Waals surface area contributed by atoms with Crippen molar-refractivity contribution in [3.63, 3.8) is 0 Å². The van der Waals surface area contributed by atoms with E-state index in [1.165, 1.54) is 18.5 Å². The van der Waals surface area contributed by atoms with E-state index in [1.54, 1.807) is 0 Å². The van der Waals surface area contributed by atoms with E-state index in [1.807, 2.05) is 11.7 Å². The van der Waals surface area contributed by atoms with Crippen molar-refractivity contribution in [1.29, 1.82) is 0 Å². The predicted octanol–water partition coefficient (Wildman–Crippen LogP) is 2.56. The Labute approximate surface area is 106 Å². The molecule has 2 N–H and O–H groups in total. The van der Waals surface area contributed by atoms with Gasteiger partial charge in [0, 0.05) is 19.0 Å². The fourth-order valence-corrected chi connectivity index (χ4v) is 3.36. The lowest BCUT2D eigenvalue weighted by Crippen LogP contribution is -2.39. The van der Waals surface area contributed by atoms with Gasteiger partial charge in [0.25, 0.3) is 0 Å². The van der Waals surface area contributed by atoms with Gasteiger partial charge in [-0.3, -0.25) is 4.68 Å². The van der Waals surface area contributed by atoms with Crippen molar-refractivity contribution < 1.29 is 0 Å². The highest BCUT2D eigenvalue weighted by atomic mass is 79.9. The summed E-state index contributed by atoms with van der Waals surface area (Å²) in [6, 6.07) is 0. The van der Waals surface area contributed by atoms with Gasteiger partial charge in [-0.2, -0.15) is 5.10 Å². The van der Waals surface area contributed by atoms with E-state index in [9.17, 15) is 0 Å². The van der Waals surface area contributed by atoms with E-state index in [2.05, 4.69) is 28.0 Å². The van der Waals surface area contributed by atoms with Crippen LogP contribution in [0.3, 0.4) is 0 Å². The third kappa shape index (κ3) is 2.18. The molecule has 1 saturated carbocycles. The number of rotatable bonds is 3. The second-order valence-corrected chi connectivity index (χ2v) is 5.72. The Hall–Kier alpha value is -0.350. The van der Waals surface area contributed by atoms with Crippen molar-refractivity contribution in [3.8, 4) is 0 Å². The number of aryl methyl sites for hydroxylation is 2. The highest BCUT2D eigenvalue weighted by molar-refractivity contribution is 9.10. The lowest BCUT2D eigenvalue weighted by Gasteiger charge is -2.23. The minimum atomic E-state index is 0.00131. The van der Waals surface area contributed by atoms with E-state index >= 15 is 0 Å². The van der Waals surface area contributed by atoms with Crippen LogP contribution < -0.4 is 5.73 Å². The Morgan fingerprint density at radius 1 is 1.44 bits per heavy atom. The first-order valence-corrected chi connectivity index (χ1v) is 6.84. The Morgan fingerprint density at radius 3 is 2.56 bits per heavy atom. The first kappa shape index (κ1) is 12.1. The van der Waals surface area contributed by atoms with Gasteiger partial charge in [-0.1, -0.05) is 19.8 Å². The third-order valence-electron chi connectivity index (χ3n) is 3.62. The molecule has 1 aliphatic carbocycles. The zero-order chi connectivity index (χ0) is 11.8. The summed E-state index contributed by atoms with van der Waals surface area (Å²) in [6.07, 6.45) is 6.74. The van der Waals surface area contributed by atoms with Crippen LogP contribution >= 0.6 is 15.9 Å². The summed E-state index contributed by atoms with van der Waals surface area (Å²) in [5.74, 6) is 0. The minimum Gasteiger partial charge on any atom is -0.325 e. The average Bonchev–Trinajstić information content (AvgIpc) is 2.78. The van der Waals surface area contributed by atoms with Gasteiger partial charge in [-0.15, -0.1) is 0 Å².